The van der Waals surface area contributed by atoms with Crippen LogP contribution in [0.15, 0.2) is 0 Å². The highest BCUT2D eigenvalue weighted by Gasteiger charge is 2.48. The van der Waals surface area contributed by atoms with Crippen molar-refractivity contribution in [1.29, 1.82) is 0 Å². The lowest BCUT2D eigenvalue weighted by molar-refractivity contribution is -0.129. The molecule has 0 bridgehead atoms. The molecule has 136 valence electrons. The second-order valence-electron chi connectivity index (χ2n) is 8.67. The summed E-state index contributed by atoms with van der Waals surface area (Å²) in [6.07, 6.45) is 1.78. The number of hydrogen-bond donors (Lipinski definition) is 2. The van der Waals surface area contributed by atoms with Gasteiger partial charge >= 0.3 is 0 Å². The van der Waals surface area contributed by atoms with Crippen LogP contribution in [0.1, 0.15) is 73.6 Å². The van der Waals surface area contributed by atoms with Crippen molar-refractivity contribution in [1.82, 2.24) is 10.6 Å². The molecule has 0 radical (unpaired) electrons. The van der Waals surface area contributed by atoms with Crippen LogP contribution in [0.4, 0.5) is 0 Å². The fourth-order valence-electron chi connectivity index (χ4n) is 4.55. The number of rotatable bonds is 6. The van der Waals surface area contributed by atoms with Crippen LogP contribution in [0.5, 0.6) is 0 Å². The third kappa shape index (κ3) is 6.42. The first-order valence-electron chi connectivity index (χ1n) is 8.35. The minimum absolute atomic E-state index is 0.102. The van der Waals surface area contributed by atoms with Crippen LogP contribution in [-0.2, 0) is 19.2 Å². The Morgan fingerprint density at radius 2 is 1.04 bits per heavy atom. The summed E-state index contributed by atoms with van der Waals surface area (Å²) >= 11 is 0. The number of Topliss-reactive ketones (excluding diaryl/α,β-unsaturated/α-hetero) is 2. The minimum atomic E-state index is -0.521. The van der Waals surface area contributed by atoms with Crippen molar-refractivity contribution in [3.05, 3.63) is 0 Å². The maximum Gasteiger partial charge on any atom is 0.227 e. The molecule has 2 atom stereocenters. The molecule has 6 heteroatoms. The average Bonchev–Trinajstić information content (AvgIpc) is 2.18. The highest BCUT2D eigenvalue weighted by molar-refractivity contribution is 5.97. The van der Waals surface area contributed by atoms with E-state index in [9.17, 15) is 19.2 Å². The van der Waals surface area contributed by atoms with Crippen molar-refractivity contribution < 1.29 is 19.2 Å². The Labute approximate surface area is 144 Å². The summed E-state index contributed by atoms with van der Waals surface area (Å²) in [6, 6.07) is 0. The van der Waals surface area contributed by atoms with Crippen molar-refractivity contribution >= 4 is 23.4 Å². The van der Waals surface area contributed by atoms with Gasteiger partial charge in [0.1, 0.15) is 11.6 Å². The zero-order chi connectivity index (χ0) is 18.8. The number of carbonyl (C=O) groups is 4. The molecule has 0 aromatic carbocycles. The second-order valence-corrected chi connectivity index (χ2v) is 8.67. The van der Waals surface area contributed by atoms with Gasteiger partial charge < -0.3 is 10.6 Å². The molecule has 0 aliphatic heterocycles. The molecule has 1 aliphatic rings. The molecule has 0 aromatic rings. The number of ketones is 2. The van der Waals surface area contributed by atoms with Crippen molar-refractivity contribution in [2.24, 2.45) is 5.41 Å². The van der Waals surface area contributed by atoms with Crippen LogP contribution in [0.25, 0.3) is 0 Å². The normalized spacial score (nSPS) is 28.8. The Bertz CT molecular complexity index is 509. The Hall–Kier alpha value is -1.72. The van der Waals surface area contributed by atoms with E-state index in [0.29, 0.717) is 6.42 Å². The molecule has 2 N–H and O–H groups in total. The second kappa shape index (κ2) is 7.03. The Balaban J connectivity index is 2.92. The van der Waals surface area contributed by atoms with Gasteiger partial charge in [0.05, 0.1) is 12.8 Å². The van der Waals surface area contributed by atoms with Gasteiger partial charge in [0.25, 0.3) is 0 Å². The van der Waals surface area contributed by atoms with Gasteiger partial charge in [-0.25, -0.2) is 0 Å². The SMILES string of the molecule is CC(=O)CC(=O)NC1(C)CC(C)(C)CC(C)(NC(=O)CC(C)=O)C1. The van der Waals surface area contributed by atoms with Gasteiger partial charge in [0, 0.05) is 11.1 Å². The topological polar surface area (TPSA) is 92.3 Å². The first-order chi connectivity index (χ1) is 10.7. The van der Waals surface area contributed by atoms with Crippen molar-refractivity contribution in [2.75, 3.05) is 0 Å². The molecule has 2 unspecified atom stereocenters. The zero-order valence-electron chi connectivity index (χ0n) is 15.7. The van der Waals surface area contributed by atoms with Crippen LogP contribution in [0.2, 0.25) is 0 Å². The van der Waals surface area contributed by atoms with Crippen LogP contribution in [0.3, 0.4) is 0 Å². The molecule has 24 heavy (non-hydrogen) atoms. The zero-order valence-corrected chi connectivity index (χ0v) is 15.7. The lowest BCUT2D eigenvalue weighted by atomic mass is 9.61. The van der Waals surface area contributed by atoms with Crippen molar-refractivity contribution in [3.8, 4) is 0 Å². The van der Waals surface area contributed by atoms with E-state index in [4.69, 9.17) is 0 Å². The highest BCUT2D eigenvalue weighted by Crippen LogP contribution is 2.45. The van der Waals surface area contributed by atoms with E-state index in [1.807, 2.05) is 13.8 Å². The van der Waals surface area contributed by atoms with Gasteiger partial charge in [-0.1, -0.05) is 13.8 Å². The Kier molecular flexibility index (Phi) is 5.95. The van der Waals surface area contributed by atoms with Crippen molar-refractivity contribution in [3.63, 3.8) is 0 Å². The summed E-state index contributed by atoms with van der Waals surface area (Å²) < 4.78 is 0. The molecule has 1 saturated carbocycles. The van der Waals surface area contributed by atoms with E-state index in [0.717, 1.165) is 12.8 Å². The first kappa shape index (κ1) is 20.3. The Morgan fingerprint density at radius 1 is 0.708 bits per heavy atom. The third-order valence-electron chi connectivity index (χ3n) is 4.22. The van der Waals surface area contributed by atoms with Crippen molar-refractivity contribution in [2.45, 2.75) is 84.7 Å². The molecule has 6 nitrogen and oxygen atoms in total. The molecular weight excluding hydrogens is 308 g/mol. The highest BCUT2D eigenvalue weighted by atomic mass is 16.2. The molecule has 0 aromatic heterocycles. The van der Waals surface area contributed by atoms with Crippen LogP contribution in [-0.4, -0.2) is 34.5 Å². The molecule has 2 amide bonds. The van der Waals surface area contributed by atoms with Gasteiger partial charge in [-0.05, 0) is 52.4 Å². The molecule has 1 fully saturated rings. The van der Waals surface area contributed by atoms with Crippen LogP contribution >= 0.6 is 0 Å². The summed E-state index contributed by atoms with van der Waals surface area (Å²) in [6.45, 7) is 10.9. The monoisotopic (exact) mass is 338 g/mol. The van der Waals surface area contributed by atoms with Gasteiger partial charge in [0.15, 0.2) is 0 Å². The fourth-order valence-corrected chi connectivity index (χ4v) is 4.55. The van der Waals surface area contributed by atoms with Gasteiger partial charge in [-0.15, -0.1) is 0 Å². The van der Waals surface area contributed by atoms with Gasteiger partial charge in [-0.3, -0.25) is 19.2 Å². The lowest BCUT2D eigenvalue weighted by Gasteiger charge is -2.52. The number of nitrogens with one attached hydrogen (secondary N) is 2. The average molecular weight is 338 g/mol. The largest absolute Gasteiger partial charge is 0.350 e. The first-order valence-corrected chi connectivity index (χ1v) is 8.35. The summed E-state index contributed by atoms with van der Waals surface area (Å²) in [5, 5.41) is 5.95. The predicted molar refractivity (Wildman–Crippen MR) is 91.3 cm³/mol. The molecular formula is C18H30N2O4. The fraction of sp³-hybridized carbons (Fsp3) is 0.778. The van der Waals surface area contributed by atoms with E-state index in [2.05, 4.69) is 24.5 Å². The number of carbonyl (C=O) groups excluding carboxylic acids is 4. The smallest absolute Gasteiger partial charge is 0.227 e. The van der Waals surface area contributed by atoms with E-state index in [-0.39, 0.29) is 41.6 Å². The number of hydrogen-bond acceptors (Lipinski definition) is 4. The van der Waals surface area contributed by atoms with Crippen LogP contribution < -0.4 is 10.6 Å². The quantitative estimate of drug-likeness (QED) is 0.724. The van der Waals surface area contributed by atoms with Gasteiger partial charge in [0.2, 0.25) is 11.8 Å². The lowest BCUT2D eigenvalue weighted by Crippen LogP contribution is -2.62. The van der Waals surface area contributed by atoms with E-state index >= 15 is 0 Å². The summed E-state index contributed by atoms with van der Waals surface area (Å²) in [7, 11) is 0. The number of amides is 2. The third-order valence-corrected chi connectivity index (χ3v) is 4.22. The maximum absolute atomic E-state index is 12.1. The summed E-state index contributed by atoms with van der Waals surface area (Å²) in [5.74, 6) is -0.937. The molecule has 1 aliphatic carbocycles. The molecule has 0 heterocycles. The van der Waals surface area contributed by atoms with E-state index < -0.39 is 11.1 Å². The van der Waals surface area contributed by atoms with Gasteiger partial charge in [-0.2, -0.15) is 0 Å². The summed E-state index contributed by atoms with van der Waals surface area (Å²) in [5.41, 5.74) is -1.15. The Morgan fingerprint density at radius 3 is 1.33 bits per heavy atom. The van der Waals surface area contributed by atoms with E-state index in [1.54, 1.807) is 0 Å². The minimum Gasteiger partial charge on any atom is -0.350 e. The van der Waals surface area contributed by atoms with Crippen LogP contribution in [0, 0.1) is 5.41 Å². The predicted octanol–water partition coefficient (Wildman–Crippen LogP) is 1.90. The maximum atomic E-state index is 12.1. The standard InChI is InChI=1S/C18H30N2O4/c1-12(21)7-14(23)19-17(5)9-16(3,4)10-18(6,11-17)20-15(24)8-13(2)22/h7-11H2,1-6H3,(H,19,23)(H,20,24). The molecule has 0 spiro atoms. The summed E-state index contributed by atoms with van der Waals surface area (Å²) in [4.78, 5) is 46.4. The molecule has 1 rings (SSSR count). The van der Waals surface area contributed by atoms with E-state index in [1.165, 1.54) is 13.8 Å². The molecule has 0 saturated heterocycles.